The molecule has 0 aliphatic heterocycles. The first-order chi connectivity index (χ1) is 8.21. The maximum Gasteiger partial charge on any atom is 0.253 e. The molecule has 0 radical (unpaired) electrons. The van der Waals surface area contributed by atoms with E-state index in [1.807, 2.05) is 12.1 Å². The predicted molar refractivity (Wildman–Crippen MR) is 67.6 cm³/mol. The summed E-state index contributed by atoms with van der Waals surface area (Å²) >= 11 is 0. The van der Waals surface area contributed by atoms with E-state index in [1.165, 1.54) is 25.7 Å². The van der Waals surface area contributed by atoms with Crippen molar-refractivity contribution in [1.29, 1.82) is 0 Å². The minimum absolute atomic E-state index is 0.0324. The zero-order chi connectivity index (χ0) is 11.9. The topological polar surface area (TPSA) is 55.1 Å². The molecular weight excluding hydrogens is 212 g/mol. The second-order valence-corrected chi connectivity index (χ2v) is 5.41. The number of hydrogen-bond donors (Lipinski definition) is 2. The zero-order valence-corrected chi connectivity index (χ0v) is 9.91. The first kappa shape index (κ1) is 10.6. The number of para-hydroxylation sites is 1. The van der Waals surface area contributed by atoms with Crippen molar-refractivity contribution >= 4 is 11.6 Å². The van der Waals surface area contributed by atoms with Crippen molar-refractivity contribution in [3.63, 3.8) is 0 Å². The smallest absolute Gasteiger partial charge is 0.253 e. The molecule has 1 amide bonds. The van der Waals surface area contributed by atoms with Crippen molar-refractivity contribution in [3.8, 4) is 0 Å². The number of hydrogen-bond acceptors (Lipinski definition) is 2. The normalized spacial score (nSPS) is 20.9. The average Bonchev–Trinajstić information content (AvgIpc) is 3.17. The summed E-state index contributed by atoms with van der Waals surface area (Å²) in [5, 5.41) is 3.04. The molecule has 0 atom stereocenters. The van der Waals surface area contributed by atoms with Gasteiger partial charge in [-0.3, -0.25) is 4.79 Å². The van der Waals surface area contributed by atoms with E-state index in [-0.39, 0.29) is 5.91 Å². The van der Waals surface area contributed by atoms with Crippen molar-refractivity contribution in [3.05, 3.63) is 29.8 Å². The van der Waals surface area contributed by atoms with Gasteiger partial charge in [0.2, 0.25) is 0 Å². The Kier molecular flexibility index (Phi) is 2.35. The van der Waals surface area contributed by atoms with Crippen LogP contribution in [0.2, 0.25) is 0 Å². The van der Waals surface area contributed by atoms with Gasteiger partial charge in [0.1, 0.15) is 0 Å². The summed E-state index contributed by atoms with van der Waals surface area (Å²) in [5.74, 6) is 0.839. The van der Waals surface area contributed by atoms with Gasteiger partial charge in [-0.25, -0.2) is 0 Å². The number of amides is 1. The molecule has 1 aromatic rings. The molecule has 3 N–H and O–H groups in total. The maximum atomic E-state index is 12.0. The van der Waals surface area contributed by atoms with Crippen LogP contribution in [0.3, 0.4) is 0 Å². The van der Waals surface area contributed by atoms with Gasteiger partial charge in [-0.15, -0.1) is 0 Å². The van der Waals surface area contributed by atoms with Gasteiger partial charge in [0.05, 0.1) is 5.56 Å². The van der Waals surface area contributed by atoms with E-state index in [0.29, 0.717) is 16.7 Å². The highest BCUT2D eigenvalue weighted by atomic mass is 16.1. The summed E-state index contributed by atoms with van der Waals surface area (Å²) in [6.45, 7) is 0.824. The Morgan fingerprint density at radius 2 is 2.06 bits per heavy atom. The lowest BCUT2D eigenvalue weighted by Crippen LogP contribution is -2.31. The second-order valence-electron chi connectivity index (χ2n) is 5.41. The molecule has 90 valence electrons. The summed E-state index contributed by atoms with van der Waals surface area (Å²) in [4.78, 5) is 12.0. The third-order valence-electron chi connectivity index (χ3n) is 4.14. The van der Waals surface area contributed by atoms with Gasteiger partial charge in [-0.2, -0.15) is 0 Å². The summed E-state index contributed by atoms with van der Waals surface area (Å²) in [5.41, 5.74) is 7.38. The monoisotopic (exact) mass is 230 g/mol. The molecule has 2 fully saturated rings. The van der Waals surface area contributed by atoms with Crippen LogP contribution in [0.25, 0.3) is 0 Å². The third kappa shape index (κ3) is 2.02. The summed E-state index contributed by atoms with van der Waals surface area (Å²) in [6, 6.07) is 7.24. The van der Waals surface area contributed by atoms with E-state index in [4.69, 9.17) is 5.73 Å². The predicted octanol–water partition coefficient (Wildman–Crippen LogP) is 2.19. The zero-order valence-electron chi connectivity index (χ0n) is 9.91. The standard InChI is InChI=1S/C14H18N2O/c15-12-4-2-1-3-11(12)13(17)16-9-14(7-8-14)10-5-6-10/h1-4,10H,5-9,15H2,(H,16,17). The SMILES string of the molecule is Nc1ccccc1C(=O)NCC1(C2CC2)CC1. The first-order valence-electron chi connectivity index (χ1n) is 6.34. The molecular formula is C14H18N2O. The van der Waals surface area contributed by atoms with E-state index < -0.39 is 0 Å². The molecule has 0 saturated heterocycles. The van der Waals surface area contributed by atoms with Gasteiger partial charge in [0.15, 0.2) is 0 Å². The molecule has 0 bridgehead atoms. The molecule has 17 heavy (non-hydrogen) atoms. The van der Waals surface area contributed by atoms with Crippen LogP contribution in [0.5, 0.6) is 0 Å². The van der Waals surface area contributed by atoms with Crippen molar-refractivity contribution in [2.75, 3.05) is 12.3 Å². The van der Waals surface area contributed by atoms with E-state index in [9.17, 15) is 4.79 Å². The quantitative estimate of drug-likeness (QED) is 0.779. The molecule has 0 aromatic heterocycles. The van der Waals surface area contributed by atoms with E-state index in [2.05, 4.69) is 5.32 Å². The molecule has 2 aliphatic carbocycles. The molecule has 0 heterocycles. The number of benzene rings is 1. The Morgan fingerprint density at radius 3 is 2.65 bits per heavy atom. The molecule has 3 heteroatoms. The Bertz CT molecular complexity index is 447. The van der Waals surface area contributed by atoms with Crippen molar-refractivity contribution in [1.82, 2.24) is 5.32 Å². The van der Waals surface area contributed by atoms with Crippen LogP contribution in [0.4, 0.5) is 5.69 Å². The number of nitrogen functional groups attached to an aromatic ring is 1. The fourth-order valence-electron chi connectivity index (χ4n) is 2.64. The minimum Gasteiger partial charge on any atom is -0.398 e. The Hall–Kier alpha value is -1.51. The maximum absolute atomic E-state index is 12.0. The highest BCUT2D eigenvalue weighted by Crippen LogP contribution is 2.60. The lowest BCUT2D eigenvalue weighted by molar-refractivity contribution is 0.0943. The highest BCUT2D eigenvalue weighted by molar-refractivity contribution is 5.99. The van der Waals surface area contributed by atoms with Gasteiger partial charge < -0.3 is 11.1 Å². The third-order valence-corrected chi connectivity index (χ3v) is 4.14. The molecule has 3 rings (SSSR count). The first-order valence-corrected chi connectivity index (χ1v) is 6.34. The Labute approximate surface area is 101 Å². The van der Waals surface area contributed by atoms with Gasteiger partial charge in [0, 0.05) is 12.2 Å². The van der Waals surface area contributed by atoms with Crippen LogP contribution in [0, 0.1) is 11.3 Å². The molecule has 2 saturated carbocycles. The minimum atomic E-state index is -0.0324. The summed E-state index contributed by atoms with van der Waals surface area (Å²) < 4.78 is 0. The van der Waals surface area contributed by atoms with Crippen LogP contribution in [-0.4, -0.2) is 12.5 Å². The molecule has 0 spiro atoms. The molecule has 2 aliphatic rings. The number of nitrogens with one attached hydrogen (secondary N) is 1. The number of rotatable bonds is 4. The van der Waals surface area contributed by atoms with E-state index >= 15 is 0 Å². The number of anilines is 1. The van der Waals surface area contributed by atoms with Crippen LogP contribution in [0.1, 0.15) is 36.0 Å². The lowest BCUT2D eigenvalue weighted by Gasteiger charge is -2.15. The van der Waals surface area contributed by atoms with Crippen LogP contribution >= 0.6 is 0 Å². The largest absolute Gasteiger partial charge is 0.398 e. The van der Waals surface area contributed by atoms with E-state index in [1.54, 1.807) is 12.1 Å². The molecule has 0 unspecified atom stereocenters. The van der Waals surface area contributed by atoms with E-state index in [0.717, 1.165) is 12.5 Å². The average molecular weight is 230 g/mol. The summed E-state index contributed by atoms with van der Waals surface area (Å²) in [6.07, 6.45) is 5.26. The highest BCUT2D eigenvalue weighted by Gasteiger charge is 2.53. The van der Waals surface area contributed by atoms with Crippen LogP contribution in [0.15, 0.2) is 24.3 Å². The molecule has 3 nitrogen and oxygen atoms in total. The fourth-order valence-corrected chi connectivity index (χ4v) is 2.64. The molecule has 1 aromatic carbocycles. The number of carbonyl (C=O) groups is 1. The van der Waals surface area contributed by atoms with Crippen molar-refractivity contribution in [2.45, 2.75) is 25.7 Å². The van der Waals surface area contributed by atoms with Gasteiger partial charge in [0.25, 0.3) is 5.91 Å². The summed E-state index contributed by atoms with van der Waals surface area (Å²) in [7, 11) is 0. The van der Waals surface area contributed by atoms with Gasteiger partial charge in [-0.05, 0) is 49.1 Å². The van der Waals surface area contributed by atoms with Gasteiger partial charge >= 0.3 is 0 Å². The van der Waals surface area contributed by atoms with Crippen LogP contribution in [-0.2, 0) is 0 Å². The Morgan fingerprint density at radius 1 is 1.35 bits per heavy atom. The number of carbonyl (C=O) groups excluding carboxylic acids is 1. The van der Waals surface area contributed by atoms with Crippen LogP contribution < -0.4 is 11.1 Å². The lowest BCUT2D eigenvalue weighted by atomic mass is 10.0. The number of nitrogens with two attached hydrogens (primary N) is 1. The van der Waals surface area contributed by atoms with Crippen molar-refractivity contribution in [2.24, 2.45) is 11.3 Å². The van der Waals surface area contributed by atoms with Gasteiger partial charge in [-0.1, -0.05) is 12.1 Å². The second kappa shape index (κ2) is 3.76. The fraction of sp³-hybridized carbons (Fsp3) is 0.500. The van der Waals surface area contributed by atoms with Crippen molar-refractivity contribution < 1.29 is 4.79 Å². The Balaban J connectivity index is 1.62.